The molecule has 4 nitrogen and oxygen atoms in total. The molecular weight excluding hydrogens is 348 g/mol. The molecule has 0 radical (unpaired) electrons. The minimum atomic E-state index is -1.12. The SMILES string of the molecule is CC(C)N(Cc1ccccc1)C(=O)C(C)(C)C(=O)N1CCCc2ccccc21. The van der Waals surface area contributed by atoms with Crippen molar-refractivity contribution >= 4 is 17.5 Å². The predicted molar refractivity (Wildman–Crippen MR) is 113 cm³/mol. The van der Waals surface area contributed by atoms with Crippen LogP contribution in [0.5, 0.6) is 0 Å². The van der Waals surface area contributed by atoms with Gasteiger partial charge in [-0.15, -0.1) is 0 Å². The van der Waals surface area contributed by atoms with E-state index in [0.717, 1.165) is 24.1 Å². The molecule has 28 heavy (non-hydrogen) atoms. The van der Waals surface area contributed by atoms with Gasteiger partial charge < -0.3 is 9.80 Å². The standard InChI is InChI=1S/C24H30N2O2/c1-18(2)26(17-19-11-6-5-7-12-19)23(28)24(3,4)22(27)25-16-10-14-20-13-8-9-15-21(20)25/h5-9,11-13,15,18H,10,14,16-17H2,1-4H3. The zero-order valence-corrected chi connectivity index (χ0v) is 17.3. The molecule has 2 amide bonds. The number of carbonyl (C=O) groups is 2. The minimum Gasteiger partial charge on any atom is -0.335 e. The molecule has 0 saturated heterocycles. The van der Waals surface area contributed by atoms with Gasteiger partial charge in [0, 0.05) is 24.8 Å². The van der Waals surface area contributed by atoms with Crippen molar-refractivity contribution in [2.75, 3.05) is 11.4 Å². The van der Waals surface area contributed by atoms with Crippen LogP contribution in [-0.4, -0.2) is 29.3 Å². The van der Waals surface area contributed by atoms with Gasteiger partial charge in [0.1, 0.15) is 5.41 Å². The van der Waals surface area contributed by atoms with Gasteiger partial charge in [0.2, 0.25) is 11.8 Å². The van der Waals surface area contributed by atoms with E-state index >= 15 is 0 Å². The predicted octanol–water partition coefficient (Wildman–Crippen LogP) is 4.43. The first-order chi connectivity index (χ1) is 13.3. The van der Waals surface area contributed by atoms with E-state index in [2.05, 4.69) is 6.07 Å². The van der Waals surface area contributed by atoms with Crippen molar-refractivity contribution < 1.29 is 9.59 Å². The number of carbonyl (C=O) groups excluding carboxylic acids is 2. The van der Waals surface area contributed by atoms with Crippen molar-refractivity contribution in [3.8, 4) is 0 Å². The summed E-state index contributed by atoms with van der Waals surface area (Å²) in [5.41, 5.74) is 2.06. The molecule has 4 heteroatoms. The zero-order valence-electron chi connectivity index (χ0n) is 17.3. The topological polar surface area (TPSA) is 40.6 Å². The normalized spacial score (nSPS) is 14.0. The van der Waals surface area contributed by atoms with E-state index < -0.39 is 5.41 Å². The molecule has 0 atom stereocenters. The van der Waals surface area contributed by atoms with Gasteiger partial charge in [-0.2, -0.15) is 0 Å². The summed E-state index contributed by atoms with van der Waals surface area (Å²) in [5.74, 6) is -0.247. The molecule has 2 aromatic carbocycles. The van der Waals surface area contributed by atoms with Gasteiger partial charge in [-0.1, -0.05) is 48.5 Å². The Morgan fingerprint density at radius 1 is 1.04 bits per heavy atom. The van der Waals surface area contributed by atoms with Crippen LogP contribution in [0.3, 0.4) is 0 Å². The second-order valence-electron chi connectivity index (χ2n) is 8.33. The smallest absolute Gasteiger partial charge is 0.242 e. The lowest BCUT2D eigenvalue weighted by atomic mass is 9.87. The lowest BCUT2D eigenvalue weighted by molar-refractivity contribution is -0.149. The molecule has 1 aliphatic rings. The number of nitrogens with zero attached hydrogens (tertiary/aromatic N) is 2. The van der Waals surface area contributed by atoms with Crippen LogP contribution in [0, 0.1) is 5.41 Å². The van der Waals surface area contributed by atoms with Gasteiger partial charge in [-0.25, -0.2) is 0 Å². The summed E-state index contributed by atoms with van der Waals surface area (Å²) in [6.07, 6.45) is 1.89. The Morgan fingerprint density at radius 2 is 1.68 bits per heavy atom. The molecule has 0 aliphatic carbocycles. The number of amides is 2. The fourth-order valence-corrected chi connectivity index (χ4v) is 3.80. The molecule has 0 aromatic heterocycles. The Balaban J connectivity index is 1.86. The number of anilines is 1. The van der Waals surface area contributed by atoms with Gasteiger partial charge in [0.25, 0.3) is 0 Å². The van der Waals surface area contributed by atoms with Crippen LogP contribution in [0.4, 0.5) is 5.69 Å². The van der Waals surface area contributed by atoms with E-state index in [1.165, 1.54) is 5.56 Å². The molecule has 0 N–H and O–H groups in total. The molecule has 0 saturated carbocycles. The van der Waals surface area contributed by atoms with Gasteiger partial charge in [-0.05, 0) is 57.7 Å². The maximum atomic E-state index is 13.5. The first-order valence-corrected chi connectivity index (χ1v) is 10.1. The third kappa shape index (κ3) is 3.96. The third-order valence-corrected chi connectivity index (χ3v) is 5.50. The van der Waals surface area contributed by atoms with Crippen LogP contribution in [0.2, 0.25) is 0 Å². The number of fused-ring (bicyclic) bond motifs is 1. The Bertz CT molecular complexity index is 843. The van der Waals surface area contributed by atoms with Crippen LogP contribution in [-0.2, 0) is 22.6 Å². The van der Waals surface area contributed by atoms with Crippen molar-refractivity contribution in [1.82, 2.24) is 4.90 Å². The Kier molecular flexibility index (Phi) is 5.87. The molecule has 1 aliphatic heterocycles. The zero-order chi connectivity index (χ0) is 20.3. The summed E-state index contributed by atoms with van der Waals surface area (Å²) in [4.78, 5) is 30.6. The van der Waals surface area contributed by atoms with Crippen molar-refractivity contribution in [3.63, 3.8) is 0 Å². The maximum absolute atomic E-state index is 13.5. The maximum Gasteiger partial charge on any atom is 0.242 e. The minimum absolute atomic E-state index is 0.00780. The second kappa shape index (κ2) is 8.17. The molecule has 148 valence electrons. The summed E-state index contributed by atoms with van der Waals surface area (Å²) in [7, 11) is 0. The molecule has 0 spiro atoms. The van der Waals surface area contributed by atoms with Crippen LogP contribution in [0.1, 0.15) is 45.2 Å². The number of benzene rings is 2. The molecule has 1 heterocycles. The highest BCUT2D eigenvalue weighted by atomic mass is 16.2. The van der Waals surface area contributed by atoms with E-state index in [-0.39, 0.29) is 17.9 Å². The molecule has 3 rings (SSSR count). The van der Waals surface area contributed by atoms with Crippen LogP contribution >= 0.6 is 0 Å². The lowest BCUT2D eigenvalue weighted by Crippen LogP contribution is -2.53. The number of hydrogen-bond donors (Lipinski definition) is 0. The van der Waals surface area contributed by atoms with Gasteiger partial charge >= 0.3 is 0 Å². The lowest BCUT2D eigenvalue weighted by Gasteiger charge is -2.38. The second-order valence-corrected chi connectivity index (χ2v) is 8.33. The average molecular weight is 379 g/mol. The van der Waals surface area contributed by atoms with Crippen molar-refractivity contribution in [1.29, 1.82) is 0 Å². The summed E-state index contributed by atoms with van der Waals surface area (Å²) >= 11 is 0. The monoisotopic (exact) mass is 378 g/mol. The molecule has 0 fully saturated rings. The van der Waals surface area contributed by atoms with Crippen molar-refractivity contribution in [2.24, 2.45) is 5.41 Å². The third-order valence-electron chi connectivity index (χ3n) is 5.50. The van der Waals surface area contributed by atoms with Gasteiger partial charge in [0.05, 0.1) is 0 Å². The molecule has 0 bridgehead atoms. The van der Waals surface area contributed by atoms with Crippen molar-refractivity contribution in [3.05, 3.63) is 65.7 Å². The number of aryl methyl sites for hydroxylation is 1. The quantitative estimate of drug-likeness (QED) is 0.722. The summed E-state index contributed by atoms with van der Waals surface area (Å²) < 4.78 is 0. The highest BCUT2D eigenvalue weighted by Gasteiger charge is 2.43. The Morgan fingerprint density at radius 3 is 2.36 bits per heavy atom. The summed E-state index contributed by atoms with van der Waals surface area (Å²) in [6.45, 7) is 8.68. The first-order valence-electron chi connectivity index (χ1n) is 10.1. The highest BCUT2D eigenvalue weighted by molar-refractivity contribution is 6.11. The van der Waals surface area contributed by atoms with Crippen LogP contribution < -0.4 is 4.90 Å². The Hall–Kier alpha value is -2.62. The molecule has 0 unspecified atom stereocenters. The number of para-hydroxylation sites is 1. The Labute approximate surface area is 168 Å². The van der Waals surface area contributed by atoms with E-state index in [0.29, 0.717) is 13.1 Å². The van der Waals surface area contributed by atoms with Gasteiger partial charge in [-0.3, -0.25) is 9.59 Å². The van der Waals surface area contributed by atoms with E-state index in [9.17, 15) is 9.59 Å². The fraction of sp³-hybridized carbons (Fsp3) is 0.417. The van der Waals surface area contributed by atoms with Gasteiger partial charge in [0.15, 0.2) is 0 Å². The van der Waals surface area contributed by atoms with Crippen molar-refractivity contribution in [2.45, 2.75) is 53.1 Å². The summed E-state index contributed by atoms with van der Waals surface area (Å²) in [5, 5.41) is 0. The molecular formula is C24H30N2O2. The van der Waals surface area contributed by atoms with E-state index in [1.54, 1.807) is 18.7 Å². The fourth-order valence-electron chi connectivity index (χ4n) is 3.80. The van der Waals surface area contributed by atoms with Crippen LogP contribution in [0.15, 0.2) is 54.6 Å². The van der Waals surface area contributed by atoms with E-state index in [4.69, 9.17) is 0 Å². The first kappa shape index (κ1) is 20.1. The number of rotatable bonds is 5. The molecule has 2 aromatic rings. The highest BCUT2D eigenvalue weighted by Crippen LogP contribution is 2.32. The van der Waals surface area contributed by atoms with E-state index in [1.807, 2.05) is 67.3 Å². The van der Waals surface area contributed by atoms with Crippen LogP contribution in [0.25, 0.3) is 0 Å². The summed E-state index contributed by atoms with van der Waals surface area (Å²) in [6, 6.07) is 17.9. The average Bonchev–Trinajstić information content (AvgIpc) is 2.71. The number of hydrogen-bond acceptors (Lipinski definition) is 2. The largest absolute Gasteiger partial charge is 0.335 e.